The van der Waals surface area contributed by atoms with E-state index < -0.39 is 0 Å². The van der Waals surface area contributed by atoms with Crippen molar-refractivity contribution in [1.82, 2.24) is 10.2 Å². The Bertz CT molecular complexity index is 191. The van der Waals surface area contributed by atoms with Crippen molar-refractivity contribution >= 4 is 0 Å². The van der Waals surface area contributed by atoms with Crippen LogP contribution < -0.4 is 5.32 Å². The molecule has 1 atom stereocenters. The topological polar surface area (TPSA) is 44.7 Å². The average Bonchev–Trinajstić information content (AvgIpc) is 3.22. The van der Waals surface area contributed by atoms with E-state index in [-0.39, 0.29) is 0 Å². The Kier molecular flexibility index (Phi) is 16.1. The van der Waals surface area contributed by atoms with Crippen molar-refractivity contribution < 1.29 is 9.84 Å². The molecule has 0 aromatic heterocycles. The molecule has 0 saturated carbocycles. The van der Waals surface area contributed by atoms with Gasteiger partial charge in [0.15, 0.2) is 0 Å². The fourth-order valence-corrected chi connectivity index (χ4v) is 2.78. The molecular formula is C17H38N2O2. The summed E-state index contributed by atoms with van der Waals surface area (Å²) in [4.78, 5) is 2.41. The highest BCUT2D eigenvalue weighted by molar-refractivity contribution is 4.73. The number of nitrogens with one attached hydrogen (secondary N) is 1. The fraction of sp³-hybridized carbons (Fsp3) is 1.00. The summed E-state index contributed by atoms with van der Waals surface area (Å²) in [6.45, 7) is 10.1. The van der Waals surface area contributed by atoms with Crippen LogP contribution in [0.3, 0.4) is 0 Å². The Labute approximate surface area is 132 Å². The normalized spacial score (nSPS) is 21.4. The van der Waals surface area contributed by atoms with Crippen molar-refractivity contribution in [3.63, 3.8) is 0 Å². The molecule has 0 spiro atoms. The first kappa shape index (κ1) is 20.8. The van der Waals surface area contributed by atoms with Crippen LogP contribution in [0.1, 0.15) is 58.8 Å². The summed E-state index contributed by atoms with van der Waals surface area (Å²) in [7, 11) is 1.77. The van der Waals surface area contributed by atoms with Crippen molar-refractivity contribution in [3.05, 3.63) is 0 Å². The summed E-state index contributed by atoms with van der Waals surface area (Å²) in [5, 5.41) is 12.0. The molecule has 2 rings (SSSR count). The van der Waals surface area contributed by atoms with Crippen LogP contribution in [0.4, 0.5) is 0 Å². The average molecular weight is 303 g/mol. The third kappa shape index (κ3) is 12.1. The van der Waals surface area contributed by atoms with Crippen LogP contribution in [0.15, 0.2) is 0 Å². The van der Waals surface area contributed by atoms with Crippen LogP contribution in [0.25, 0.3) is 0 Å². The molecule has 21 heavy (non-hydrogen) atoms. The molecule has 0 aromatic carbocycles. The minimum Gasteiger partial charge on any atom is -0.396 e. The van der Waals surface area contributed by atoms with Gasteiger partial charge in [0.05, 0.1) is 0 Å². The van der Waals surface area contributed by atoms with E-state index in [2.05, 4.69) is 10.2 Å². The molecule has 1 unspecified atom stereocenters. The molecule has 2 aliphatic heterocycles. The van der Waals surface area contributed by atoms with Gasteiger partial charge in [0.25, 0.3) is 0 Å². The molecule has 0 bridgehead atoms. The predicted octanol–water partition coefficient (Wildman–Crippen LogP) is 2.66. The third-order valence-corrected chi connectivity index (χ3v) is 3.89. The molecule has 2 heterocycles. The number of nitrogens with zero attached hydrogens (tertiary/aromatic N) is 1. The first-order valence-corrected chi connectivity index (χ1v) is 8.92. The summed E-state index contributed by atoms with van der Waals surface area (Å²) in [6.07, 6.45) is 8.86. The second-order valence-electron chi connectivity index (χ2n) is 5.55. The van der Waals surface area contributed by atoms with Crippen LogP contribution in [-0.2, 0) is 4.74 Å². The van der Waals surface area contributed by atoms with E-state index in [4.69, 9.17) is 9.84 Å². The SMILES string of the molecule is CC.COCCCC1CCCN1.OCCCN1CCCC1. The van der Waals surface area contributed by atoms with Crippen molar-refractivity contribution in [2.24, 2.45) is 0 Å². The van der Waals surface area contributed by atoms with Gasteiger partial charge < -0.3 is 20.1 Å². The van der Waals surface area contributed by atoms with Crippen LogP contribution in [0, 0.1) is 0 Å². The van der Waals surface area contributed by atoms with Gasteiger partial charge in [-0.1, -0.05) is 13.8 Å². The lowest BCUT2D eigenvalue weighted by Gasteiger charge is -2.12. The molecule has 2 saturated heterocycles. The molecule has 2 fully saturated rings. The van der Waals surface area contributed by atoms with Gasteiger partial charge >= 0.3 is 0 Å². The number of hydrogen-bond donors (Lipinski definition) is 2. The van der Waals surface area contributed by atoms with Gasteiger partial charge in [0.1, 0.15) is 0 Å². The minimum absolute atomic E-state index is 0.344. The number of methoxy groups -OCH3 is 1. The van der Waals surface area contributed by atoms with E-state index in [1.54, 1.807) is 7.11 Å². The highest BCUT2D eigenvalue weighted by Gasteiger charge is 2.12. The highest BCUT2D eigenvalue weighted by atomic mass is 16.5. The predicted molar refractivity (Wildman–Crippen MR) is 90.9 cm³/mol. The van der Waals surface area contributed by atoms with Crippen molar-refractivity contribution in [2.45, 2.75) is 64.8 Å². The zero-order valence-corrected chi connectivity index (χ0v) is 14.6. The third-order valence-electron chi connectivity index (χ3n) is 3.89. The lowest BCUT2D eigenvalue weighted by atomic mass is 10.1. The Balaban J connectivity index is 0.000000342. The quantitative estimate of drug-likeness (QED) is 0.710. The Morgan fingerprint density at radius 1 is 1.14 bits per heavy atom. The van der Waals surface area contributed by atoms with Crippen LogP contribution in [0.5, 0.6) is 0 Å². The first-order valence-electron chi connectivity index (χ1n) is 8.92. The summed E-state index contributed by atoms with van der Waals surface area (Å²) in [5.41, 5.74) is 0. The molecule has 0 amide bonds. The number of likely N-dealkylation sites (tertiary alicyclic amines) is 1. The maximum absolute atomic E-state index is 8.50. The summed E-state index contributed by atoms with van der Waals surface area (Å²) in [6, 6.07) is 0.787. The number of hydrogen-bond acceptors (Lipinski definition) is 4. The van der Waals surface area contributed by atoms with Gasteiger partial charge in [-0.15, -0.1) is 0 Å². The van der Waals surface area contributed by atoms with Gasteiger partial charge in [0.2, 0.25) is 0 Å². The lowest BCUT2D eigenvalue weighted by molar-refractivity contribution is 0.189. The van der Waals surface area contributed by atoms with Gasteiger partial charge in [-0.3, -0.25) is 0 Å². The van der Waals surface area contributed by atoms with Gasteiger partial charge in [-0.25, -0.2) is 0 Å². The van der Waals surface area contributed by atoms with E-state index in [1.807, 2.05) is 13.8 Å². The largest absolute Gasteiger partial charge is 0.396 e. The number of aliphatic hydroxyl groups excluding tert-OH is 1. The Hall–Kier alpha value is -0.160. The number of rotatable bonds is 7. The molecular weight excluding hydrogens is 264 g/mol. The van der Waals surface area contributed by atoms with Crippen LogP contribution in [0.2, 0.25) is 0 Å². The van der Waals surface area contributed by atoms with Gasteiger partial charge in [-0.2, -0.15) is 0 Å². The standard InChI is InChI=1S/C8H17NO.C7H15NO.C2H6/c1-10-7-3-5-8-4-2-6-9-8;9-7-3-6-8-4-1-2-5-8;1-2/h8-9H,2-7H2,1H3;9H,1-7H2;1-2H3. The van der Waals surface area contributed by atoms with E-state index in [9.17, 15) is 0 Å². The Morgan fingerprint density at radius 2 is 1.86 bits per heavy atom. The number of aliphatic hydroxyl groups is 1. The maximum Gasteiger partial charge on any atom is 0.0462 e. The fourth-order valence-electron chi connectivity index (χ4n) is 2.78. The molecule has 0 aromatic rings. The molecule has 4 nitrogen and oxygen atoms in total. The zero-order valence-electron chi connectivity index (χ0n) is 14.6. The van der Waals surface area contributed by atoms with E-state index in [0.717, 1.165) is 25.6 Å². The summed E-state index contributed by atoms with van der Waals surface area (Å²) in [5.74, 6) is 0. The van der Waals surface area contributed by atoms with Crippen molar-refractivity contribution in [2.75, 3.05) is 46.5 Å². The summed E-state index contributed by atoms with van der Waals surface area (Å²) >= 11 is 0. The van der Waals surface area contributed by atoms with E-state index >= 15 is 0 Å². The second kappa shape index (κ2) is 16.2. The molecule has 0 radical (unpaired) electrons. The van der Waals surface area contributed by atoms with Gasteiger partial charge in [-0.05, 0) is 64.6 Å². The minimum atomic E-state index is 0.344. The van der Waals surface area contributed by atoms with Crippen molar-refractivity contribution in [3.8, 4) is 0 Å². The molecule has 2 aliphatic rings. The first-order chi connectivity index (χ1) is 10.4. The maximum atomic E-state index is 8.50. The molecule has 2 N–H and O–H groups in total. The molecule has 128 valence electrons. The van der Waals surface area contributed by atoms with Crippen LogP contribution >= 0.6 is 0 Å². The van der Waals surface area contributed by atoms with Crippen LogP contribution in [-0.4, -0.2) is 62.6 Å². The van der Waals surface area contributed by atoms with E-state index in [1.165, 1.54) is 58.2 Å². The summed E-state index contributed by atoms with van der Waals surface area (Å²) < 4.78 is 4.97. The van der Waals surface area contributed by atoms with Gasteiger partial charge in [0, 0.05) is 32.9 Å². The van der Waals surface area contributed by atoms with Crippen molar-refractivity contribution in [1.29, 1.82) is 0 Å². The highest BCUT2D eigenvalue weighted by Crippen LogP contribution is 2.10. The molecule has 0 aliphatic carbocycles. The lowest BCUT2D eigenvalue weighted by Crippen LogP contribution is -2.21. The van der Waals surface area contributed by atoms with E-state index in [0.29, 0.717) is 6.61 Å². The monoisotopic (exact) mass is 302 g/mol. The second-order valence-corrected chi connectivity index (χ2v) is 5.55. The Morgan fingerprint density at radius 3 is 2.38 bits per heavy atom. The zero-order chi connectivity index (χ0) is 15.8. The number of ether oxygens (including phenoxy) is 1. The molecule has 4 heteroatoms. The smallest absolute Gasteiger partial charge is 0.0462 e.